The Balaban J connectivity index is 1.70. The molecule has 1 amide bonds. The van der Waals surface area contributed by atoms with Gasteiger partial charge in [0.05, 0.1) is 0 Å². The number of anilines is 1. The second kappa shape index (κ2) is 11.3. The summed E-state index contributed by atoms with van der Waals surface area (Å²) < 4.78 is 5.39. The summed E-state index contributed by atoms with van der Waals surface area (Å²) in [6.07, 6.45) is 6.14. The Hall–Kier alpha value is -2.40. The number of benzene rings is 2. The highest BCUT2D eigenvalue weighted by Crippen LogP contribution is 2.13. The van der Waals surface area contributed by atoms with Crippen LogP contribution in [0.3, 0.4) is 0 Å². The zero-order valence-electron chi connectivity index (χ0n) is 15.2. The van der Waals surface area contributed by atoms with Crippen molar-refractivity contribution in [2.24, 2.45) is 0 Å². The highest BCUT2D eigenvalue weighted by Gasteiger charge is 2.06. The number of nitrogens with one attached hydrogen (secondary N) is 2. The number of aryl methyl sites for hydroxylation is 1. The molecule has 0 aliphatic carbocycles. The molecule has 2 rings (SSSR count). The van der Waals surface area contributed by atoms with E-state index in [9.17, 15) is 4.79 Å². The van der Waals surface area contributed by atoms with Crippen LogP contribution in [0.5, 0.6) is 5.75 Å². The number of unbranched alkanes of at least 4 members (excludes halogenated alkanes) is 3. The third kappa shape index (κ3) is 7.66. The van der Waals surface area contributed by atoms with Gasteiger partial charge >= 0.3 is 0 Å². The highest BCUT2D eigenvalue weighted by molar-refractivity contribution is 7.80. The van der Waals surface area contributed by atoms with Gasteiger partial charge in [0, 0.05) is 5.69 Å². The molecule has 0 unspecified atom stereocenters. The summed E-state index contributed by atoms with van der Waals surface area (Å²) in [5.41, 5.74) is 2.18. The van der Waals surface area contributed by atoms with Crippen molar-refractivity contribution in [3.05, 3.63) is 60.2 Å². The molecule has 4 nitrogen and oxygen atoms in total. The summed E-state index contributed by atoms with van der Waals surface area (Å²) in [5, 5.41) is 5.90. The maximum atomic E-state index is 11.9. The van der Waals surface area contributed by atoms with Crippen molar-refractivity contribution in [3.63, 3.8) is 0 Å². The van der Waals surface area contributed by atoms with Crippen LogP contribution in [0.2, 0.25) is 0 Å². The van der Waals surface area contributed by atoms with Gasteiger partial charge in [0.15, 0.2) is 11.7 Å². The third-order valence-corrected chi connectivity index (χ3v) is 4.10. The van der Waals surface area contributed by atoms with Crippen LogP contribution in [0.25, 0.3) is 0 Å². The average Bonchev–Trinajstić information content (AvgIpc) is 2.66. The van der Waals surface area contributed by atoms with Gasteiger partial charge in [0.25, 0.3) is 5.91 Å². The monoisotopic (exact) mass is 370 g/mol. The molecular formula is C21H26N2O2S. The van der Waals surface area contributed by atoms with Crippen LogP contribution < -0.4 is 15.4 Å². The lowest BCUT2D eigenvalue weighted by molar-refractivity contribution is -0.121. The van der Waals surface area contributed by atoms with Crippen molar-refractivity contribution in [3.8, 4) is 5.75 Å². The molecule has 0 spiro atoms. The van der Waals surface area contributed by atoms with Gasteiger partial charge in [-0.2, -0.15) is 0 Å². The standard InChI is InChI=1S/C21H26N2O2S/c1-2-3-4-6-9-17-12-14-18(15-13-17)22-21(26)23-20(24)16-25-19-10-7-5-8-11-19/h5,7-8,10-15H,2-4,6,9,16H2,1H3,(H2,22,23,24,26). The second-order valence-corrected chi connectivity index (χ2v) is 6.52. The number of ether oxygens (including phenoxy) is 1. The molecule has 0 fully saturated rings. The van der Waals surface area contributed by atoms with E-state index in [0.717, 1.165) is 12.1 Å². The molecule has 26 heavy (non-hydrogen) atoms. The molecule has 5 heteroatoms. The molecular weight excluding hydrogens is 344 g/mol. The first-order valence-corrected chi connectivity index (χ1v) is 9.46. The van der Waals surface area contributed by atoms with Crippen molar-refractivity contribution in [2.75, 3.05) is 11.9 Å². The number of hydrogen-bond acceptors (Lipinski definition) is 3. The number of carbonyl (C=O) groups excluding carboxylic acids is 1. The Kier molecular flexibility index (Phi) is 8.63. The van der Waals surface area contributed by atoms with Crippen molar-refractivity contribution >= 4 is 28.9 Å². The first-order chi connectivity index (χ1) is 12.7. The van der Waals surface area contributed by atoms with E-state index in [2.05, 4.69) is 29.7 Å². The maximum absolute atomic E-state index is 11.9. The molecule has 0 saturated heterocycles. The number of thiocarbonyl (C=S) groups is 1. The van der Waals surface area contributed by atoms with Crippen molar-refractivity contribution in [1.29, 1.82) is 0 Å². The van der Waals surface area contributed by atoms with Crippen molar-refractivity contribution in [1.82, 2.24) is 5.32 Å². The third-order valence-electron chi connectivity index (χ3n) is 3.90. The molecule has 0 aliphatic rings. The lowest BCUT2D eigenvalue weighted by Crippen LogP contribution is -2.37. The molecule has 0 bridgehead atoms. The zero-order chi connectivity index (χ0) is 18.6. The first-order valence-electron chi connectivity index (χ1n) is 9.05. The van der Waals surface area contributed by atoms with E-state index in [4.69, 9.17) is 17.0 Å². The second-order valence-electron chi connectivity index (χ2n) is 6.11. The van der Waals surface area contributed by atoms with E-state index in [-0.39, 0.29) is 17.6 Å². The Morgan fingerprint density at radius 1 is 1.00 bits per heavy atom. The number of amides is 1. The Morgan fingerprint density at radius 3 is 2.42 bits per heavy atom. The Labute approximate surface area is 161 Å². The van der Waals surface area contributed by atoms with Gasteiger partial charge in [-0.25, -0.2) is 0 Å². The Bertz CT molecular complexity index is 687. The van der Waals surface area contributed by atoms with Crippen LogP contribution in [0, 0.1) is 0 Å². The van der Waals surface area contributed by atoms with Crippen molar-refractivity contribution < 1.29 is 9.53 Å². The van der Waals surface area contributed by atoms with Crippen molar-refractivity contribution in [2.45, 2.75) is 39.0 Å². The quantitative estimate of drug-likeness (QED) is 0.496. The van der Waals surface area contributed by atoms with E-state index in [0.29, 0.717) is 5.75 Å². The molecule has 2 N–H and O–H groups in total. The number of carbonyl (C=O) groups is 1. The minimum absolute atomic E-state index is 0.0808. The van der Waals surface area contributed by atoms with E-state index in [1.807, 2.05) is 30.3 Å². The van der Waals surface area contributed by atoms with Crippen LogP contribution in [-0.2, 0) is 11.2 Å². The number of para-hydroxylation sites is 1. The van der Waals surface area contributed by atoms with Gasteiger partial charge in [0.1, 0.15) is 5.75 Å². The molecule has 0 aromatic heterocycles. The van der Waals surface area contributed by atoms with Gasteiger partial charge in [-0.3, -0.25) is 10.1 Å². The summed E-state index contributed by atoms with van der Waals surface area (Å²) in [5.74, 6) is 0.356. The number of hydrogen-bond donors (Lipinski definition) is 2. The number of rotatable bonds is 9. The molecule has 138 valence electrons. The highest BCUT2D eigenvalue weighted by atomic mass is 32.1. The van der Waals surface area contributed by atoms with Crippen LogP contribution in [-0.4, -0.2) is 17.6 Å². The fourth-order valence-electron chi connectivity index (χ4n) is 2.50. The summed E-state index contributed by atoms with van der Waals surface area (Å²) in [7, 11) is 0. The van der Waals surface area contributed by atoms with Gasteiger partial charge in [-0.15, -0.1) is 0 Å². The lowest BCUT2D eigenvalue weighted by Gasteiger charge is -2.11. The molecule has 0 atom stereocenters. The molecule has 0 radical (unpaired) electrons. The molecule has 0 aliphatic heterocycles. The SMILES string of the molecule is CCCCCCc1ccc(NC(=S)NC(=O)COc2ccccc2)cc1. The molecule has 0 saturated carbocycles. The predicted octanol–water partition coefficient (Wildman–Crippen LogP) is 4.70. The topological polar surface area (TPSA) is 50.4 Å². The summed E-state index contributed by atoms with van der Waals surface area (Å²) in [6, 6.07) is 17.3. The summed E-state index contributed by atoms with van der Waals surface area (Å²) >= 11 is 5.18. The normalized spacial score (nSPS) is 10.2. The van der Waals surface area contributed by atoms with Gasteiger partial charge in [-0.1, -0.05) is 56.5 Å². The van der Waals surface area contributed by atoms with Crippen LogP contribution >= 0.6 is 12.2 Å². The van der Waals surface area contributed by atoms with E-state index < -0.39 is 0 Å². The van der Waals surface area contributed by atoms with Gasteiger partial charge in [-0.05, 0) is 54.9 Å². The fraction of sp³-hybridized carbons (Fsp3) is 0.333. The van der Waals surface area contributed by atoms with E-state index in [1.165, 1.54) is 31.2 Å². The first kappa shape index (κ1) is 19.9. The molecule has 2 aromatic rings. The van der Waals surface area contributed by atoms with E-state index in [1.54, 1.807) is 12.1 Å². The molecule has 0 heterocycles. The fourth-order valence-corrected chi connectivity index (χ4v) is 2.73. The van der Waals surface area contributed by atoms with Gasteiger partial charge < -0.3 is 10.1 Å². The molecule has 2 aromatic carbocycles. The van der Waals surface area contributed by atoms with Crippen LogP contribution in [0.15, 0.2) is 54.6 Å². The zero-order valence-corrected chi connectivity index (χ0v) is 16.0. The van der Waals surface area contributed by atoms with Crippen LogP contribution in [0.4, 0.5) is 5.69 Å². The average molecular weight is 371 g/mol. The predicted molar refractivity (Wildman–Crippen MR) is 111 cm³/mol. The largest absolute Gasteiger partial charge is 0.484 e. The minimum Gasteiger partial charge on any atom is -0.484 e. The summed E-state index contributed by atoms with van der Waals surface area (Å²) in [6.45, 7) is 2.14. The van der Waals surface area contributed by atoms with Crippen LogP contribution in [0.1, 0.15) is 38.2 Å². The summed E-state index contributed by atoms with van der Waals surface area (Å²) in [4.78, 5) is 11.9. The van der Waals surface area contributed by atoms with Gasteiger partial charge in [0.2, 0.25) is 0 Å². The Morgan fingerprint density at radius 2 is 1.73 bits per heavy atom. The lowest BCUT2D eigenvalue weighted by atomic mass is 10.1. The maximum Gasteiger partial charge on any atom is 0.264 e. The minimum atomic E-state index is -0.293. The smallest absolute Gasteiger partial charge is 0.264 e. The van der Waals surface area contributed by atoms with E-state index >= 15 is 0 Å².